The highest BCUT2D eigenvalue weighted by Crippen LogP contribution is 2.17. The molecule has 0 aromatic rings. The molecular weight excluding hydrogens is 136 g/mol. The summed E-state index contributed by atoms with van der Waals surface area (Å²) in [6.07, 6.45) is 4.54. The van der Waals surface area contributed by atoms with Gasteiger partial charge in [0.05, 0.1) is 6.07 Å². The first-order chi connectivity index (χ1) is 5.36. The van der Waals surface area contributed by atoms with E-state index in [1.165, 1.54) is 12.8 Å². The van der Waals surface area contributed by atoms with Crippen LogP contribution in [0, 0.1) is 17.2 Å². The minimum absolute atomic E-state index is 0.313. The molecule has 1 aliphatic rings. The van der Waals surface area contributed by atoms with Crippen molar-refractivity contribution in [2.45, 2.75) is 38.6 Å². The van der Waals surface area contributed by atoms with Gasteiger partial charge in [0.25, 0.3) is 0 Å². The van der Waals surface area contributed by atoms with Gasteiger partial charge in [-0.2, -0.15) is 5.26 Å². The Balaban J connectivity index is 2.29. The van der Waals surface area contributed by atoms with E-state index in [1.807, 2.05) is 0 Å². The van der Waals surface area contributed by atoms with Crippen LogP contribution < -0.4 is 5.32 Å². The minimum Gasteiger partial charge on any atom is -0.314 e. The van der Waals surface area contributed by atoms with Crippen LogP contribution >= 0.6 is 0 Å². The van der Waals surface area contributed by atoms with E-state index in [-0.39, 0.29) is 0 Å². The largest absolute Gasteiger partial charge is 0.314 e. The van der Waals surface area contributed by atoms with E-state index < -0.39 is 0 Å². The third-order valence-electron chi connectivity index (χ3n) is 2.31. The van der Waals surface area contributed by atoms with E-state index in [1.54, 1.807) is 0 Å². The summed E-state index contributed by atoms with van der Waals surface area (Å²) in [7, 11) is 0. The van der Waals surface area contributed by atoms with Crippen molar-refractivity contribution in [2.75, 3.05) is 6.54 Å². The second-order valence-electron chi connectivity index (χ2n) is 3.29. The number of nitrogens with one attached hydrogen (secondary N) is 1. The number of hydrogen-bond donors (Lipinski definition) is 1. The van der Waals surface area contributed by atoms with Crippen LogP contribution in [0.5, 0.6) is 0 Å². The van der Waals surface area contributed by atoms with Crippen molar-refractivity contribution in [1.29, 1.82) is 5.26 Å². The maximum atomic E-state index is 8.70. The summed E-state index contributed by atoms with van der Waals surface area (Å²) < 4.78 is 0. The molecule has 0 aromatic carbocycles. The maximum Gasteiger partial charge on any atom is 0.0656 e. The smallest absolute Gasteiger partial charge is 0.0656 e. The van der Waals surface area contributed by atoms with Gasteiger partial charge in [0.2, 0.25) is 0 Å². The van der Waals surface area contributed by atoms with Crippen LogP contribution in [0.25, 0.3) is 0 Å². The number of nitrogens with zero attached hydrogens (tertiary/aromatic N) is 1. The van der Waals surface area contributed by atoms with Crippen molar-refractivity contribution in [3.8, 4) is 6.07 Å². The zero-order chi connectivity index (χ0) is 8.10. The molecule has 2 unspecified atom stereocenters. The molecule has 0 aliphatic carbocycles. The first kappa shape index (κ1) is 8.55. The van der Waals surface area contributed by atoms with Crippen LogP contribution in [0.15, 0.2) is 0 Å². The quantitative estimate of drug-likeness (QED) is 0.653. The lowest BCUT2D eigenvalue weighted by Gasteiger charge is -2.26. The van der Waals surface area contributed by atoms with Crippen LogP contribution in [-0.2, 0) is 0 Å². The Morgan fingerprint density at radius 2 is 2.45 bits per heavy atom. The van der Waals surface area contributed by atoms with Crippen LogP contribution in [0.2, 0.25) is 0 Å². The zero-order valence-electron chi connectivity index (χ0n) is 7.14. The Labute approximate surface area is 68.6 Å². The third-order valence-corrected chi connectivity index (χ3v) is 2.31. The fourth-order valence-electron chi connectivity index (χ4n) is 1.69. The molecule has 11 heavy (non-hydrogen) atoms. The van der Waals surface area contributed by atoms with Gasteiger partial charge < -0.3 is 5.32 Å². The van der Waals surface area contributed by atoms with Crippen molar-refractivity contribution in [2.24, 2.45) is 5.92 Å². The Morgan fingerprint density at radius 1 is 1.64 bits per heavy atom. The Morgan fingerprint density at radius 3 is 3.09 bits per heavy atom. The van der Waals surface area contributed by atoms with Crippen molar-refractivity contribution in [1.82, 2.24) is 5.32 Å². The van der Waals surface area contributed by atoms with E-state index in [0.29, 0.717) is 12.0 Å². The molecule has 0 radical (unpaired) electrons. The Bertz CT molecular complexity index is 146. The lowest BCUT2D eigenvalue weighted by molar-refractivity contribution is 0.333. The Hall–Kier alpha value is -0.550. The number of nitriles is 1. The molecule has 1 rings (SSSR count). The lowest BCUT2D eigenvalue weighted by Crippen LogP contribution is -2.37. The number of piperidine rings is 1. The first-order valence-corrected chi connectivity index (χ1v) is 4.49. The number of hydrogen-bond acceptors (Lipinski definition) is 2. The fourth-order valence-corrected chi connectivity index (χ4v) is 1.69. The van der Waals surface area contributed by atoms with Gasteiger partial charge in [-0.1, -0.05) is 13.3 Å². The molecule has 0 aromatic heterocycles. The van der Waals surface area contributed by atoms with Crippen molar-refractivity contribution >= 4 is 0 Å². The average molecular weight is 152 g/mol. The van der Waals surface area contributed by atoms with E-state index in [4.69, 9.17) is 5.26 Å². The van der Waals surface area contributed by atoms with Crippen LogP contribution in [0.3, 0.4) is 0 Å². The molecule has 0 saturated carbocycles. The van der Waals surface area contributed by atoms with E-state index >= 15 is 0 Å². The molecule has 2 nitrogen and oxygen atoms in total. The van der Waals surface area contributed by atoms with Gasteiger partial charge >= 0.3 is 0 Å². The molecular formula is C9H16N2. The van der Waals surface area contributed by atoms with E-state index in [9.17, 15) is 0 Å². The minimum atomic E-state index is 0.313. The second-order valence-corrected chi connectivity index (χ2v) is 3.29. The van der Waals surface area contributed by atoms with Crippen LogP contribution in [-0.4, -0.2) is 12.6 Å². The molecule has 1 fully saturated rings. The van der Waals surface area contributed by atoms with Gasteiger partial charge in [0, 0.05) is 12.0 Å². The highest BCUT2D eigenvalue weighted by molar-refractivity contribution is 4.90. The zero-order valence-corrected chi connectivity index (χ0v) is 7.14. The third kappa shape index (κ3) is 2.51. The topological polar surface area (TPSA) is 35.8 Å². The molecule has 1 saturated heterocycles. The molecule has 1 heterocycles. The van der Waals surface area contributed by atoms with Gasteiger partial charge in [-0.25, -0.2) is 0 Å². The van der Waals surface area contributed by atoms with Crippen molar-refractivity contribution in [3.63, 3.8) is 0 Å². The molecule has 2 atom stereocenters. The normalized spacial score (nSPS) is 31.3. The van der Waals surface area contributed by atoms with Gasteiger partial charge in [-0.05, 0) is 25.8 Å². The summed E-state index contributed by atoms with van der Waals surface area (Å²) in [5.74, 6) is 0.313. The fraction of sp³-hybridized carbons (Fsp3) is 0.889. The molecule has 1 aliphatic heterocycles. The molecule has 62 valence electrons. The SMILES string of the molecule is CCCC1CC(C#N)CCN1. The highest BCUT2D eigenvalue weighted by atomic mass is 14.9. The van der Waals surface area contributed by atoms with Gasteiger partial charge in [0.15, 0.2) is 0 Å². The first-order valence-electron chi connectivity index (χ1n) is 4.49. The monoisotopic (exact) mass is 152 g/mol. The summed E-state index contributed by atoms with van der Waals surface area (Å²) in [5.41, 5.74) is 0. The van der Waals surface area contributed by atoms with Crippen molar-refractivity contribution in [3.05, 3.63) is 0 Å². The summed E-state index contributed by atoms with van der Waals surface area (Å²) in [6, 6.07) is 2.96. The van der Waals surface area contributed by atoms with Crippen LogP contribution in [0.4, 0.5) is 0 Å². The predicted molar refractivity (Wildman–Crippen MR) is 45.0 cm³/mol. The molecule has 0 amide bonds. The van der Waals surface area contributed by atoms with Gasteiger partial charge in [-0.3, -0.25) is 0 Å². The maximum absolute atomic E-state index is 8.70. The average Bonchev–Trinajstić information content (AvgIpc) is 2.06. The second kappa shape index (κ2) is 4.35. The van der Waals surface area contributed by atoms with Gasteiger partial charge in [0.1, 0.15) is 0 Å². The standard InChI is InChI=1S/C9H16N2/c1-2-3-9-6-8(7-10)4-5-11-9/h8-9,11H,2-6H2,1H3. The summed E-state index contributed by atoms with van der Waals surface area (Å²) in [6.45, 7) is 3.22. The lowest BCUT2D eigenvalue weighted by atomic mass is 9.92. The molecule has 2 heteroatoms. The summed E-state index contributed by atoms with van der Waals surface area (Å²) >= 11 is 0. The molecule has 0 spiro atoms. The number of rotatable bonds is 2. The van der Waals surface area contributed by atoms with E-state index in [2.05, 4.69) is 18.3 Å². The highest BCUT2D eigenvalue weighted by Gasteiger charge is 2.19. The predicted octanol–water partition coefficient (Wildman–Crippen LogP) is 1.68. The van der Waals surface area contributed by atoms with E-state index in [0.717, 1.165) is 19.4 Å². The summed E-state index contributed by atoms with van der Waals surface area (Å²) in [5, 5.41) is 12.1. The van der Waals surface area contributed by atoms with Gasteiger partial charge in [-0.15, -0.1) is 0 Å². The van der Waals surface area contributed by atoms with Crippen molar-refractivity contribution < 1.29 is 0 Å². The van der Waals surface area contributed by atoms with Crippen LogP contribution in [0.1, 0.15) is 32.6 Å². The molecule has 0 bridgehead atoms. The molecule has 1 N–H and O–H groups in total. The summed E-state index contributed by atoms with van der Waals surface area (Å²) in [4.78, 5) is 0. The Kier molecular flexibility index (Phi) is 3.38.